The molecule has 0 spiro atoms. The first-order valence-corrected chi connectivity index (χ1v) is 10.3. The number of rotatable bonds is 3. The third kappa shape index (κ3) is 4.41. The molecule has 2 aromatic carbocycles. The number of aryl methyl sites for hydroxylation is 2. The normalized spacial score (nSPS) is 18.8. The zero-order chi connectivity index (χ0) is 18.6. The maximum atomic E-state index is 12.7. The predicted molar refractivity (Wildman–Crippen MR) is 110 cm³/mol. The summed E-state index contributed by atoms with van der Waals surface area (Å²) in [7, 11) is 0. The maximum Gasteiger partial charge on any atom is 0.253 e. The number of carbonyl (C=O) groups excluding carboxylic acids is 1. The van der Waals surface area contributed by atoms with Crippen molar-refractivity contribution < 1.29 is 4.79 Å². The molecule has 2 heterocycles. The molecule has 0 N–H and O–H groups in total. The molecule has 4 rings (SSSR count). The van der Waals surface area contributed by atoms with Crippen molar-refractivity contribution in [3.63, 3.8) is 0 Å². The lowest BCUT2D eigenvalue weighted by Crippen LogP contribution is -2.41. The van der Waals surface area contributed by atoms with E-state index >= 15 is 0 Å². The molecule has 0 bridgehead atoms. The molecule has 0 saturated carbocycles. The van der Waals surface area contributed by atoms with Crippen molar-refractivity contribution in [1.82, 2.24) is 9.80 Å². The minimum absolute atomic E-state index is 0.195. The number of amides is 1. The molecule has 3 nitrogen and oxygen atoms in total. The van der Waals surface area contributed by atoms with Crippen LogP contribution in [-0.2, 0) is 13.0 Å². The highest BCUT2D eigenvalue weighted by Gasteiger charge is 2.25. The highest BCUT2D eigenvalue weighted by molar-refractivity contribution is 5.94. The third-order valence-electron chi connectivity index (χ3n) is 6.12. The fourth-order valence-corrected chi connectivity index (χ4v) is 4.57. The Hall–Kier alpha value is -2.13. The Labute approximate surface area is 163 Å². The molecule has 0 aromatic heterocycles. The van der Waals surface area contributed by atoms with Crippen molar-refractivity contribution in [3.8, 4) is 0 Å². The molecule has 1 saturated heterocycles. The van der Waals surface area contributed by atoms with E-state index < -0.39 is 0 Å². The monoisotopic (exact) mass is 362 g/mol. The van der Waals surface area contributed by atoms with Crippen molar-refractivity contribution in [1.29, 1.82) is 0 Å². The van der Waals surface area contributed by atoms with E-state index in [2.05, 4.69) is 29.2 Å². The fraction of sp³-hybridized carbons (Fsp3) is 0.458. The van der Waals surface area contributed by atoms with E-state index in [4.69, 9.17) is 0 Å². The average Bonchev–Trinajstić information content (AvgIpc) is 2.90. The van der Waals surface area contributed by atoms with Crippen molar-refractivity contribution in [2.45, 2.75) is 39.2 Å². The van der Waals surface area contributed by atoms with Crippen LogP contribution in [0.4, 0.5) is 0 Å². The Morgan fingerprint density at radius 3 is 2.56 bits per heavy atom. The molecule has 0 unspecified atom stereocenters. The van der Waals surface area contributed by atoms with E-state index in [1.54, 1.807) is 0 Å². The Kier molecular flexibility index (Phi) is 5.58. The largest absolute Gasteiger partial charge is 0.339 e. The third-order valence-corrected chi connectivity index (χ3v) is 6.12. The summed E-state index contributed by atoms with van der Waals surface area (Å²) in [5.41, 5.74) is 5.01. The van der Waals surface area contributed by atoms with Crippen LogP contribution >= 0.6 is 0 Å². The molecule has 2 aliphatic heterocycles. The standard InChI is InChI=1S/C24H30N2O/c1-19-6-4-9-22(16-19)24(27)26-14-11-20(12-15-26)17-25-13-5-10-21-7-2-3-8-23(21)18-25/h2-4,6-9,16,20H,5,10-15,17-18H2,1H3. The van der Waals surface area contributed by atoms with Gasteiger partial charge in [0.1, 0.15) is 0 Å². The van der Waals surface area contributed by atoms with Gasteiger partial charge in [0.2, 0.25) is 0 Å². The van der Waals surface area contributed by atoms with Crippen LogP contribution in [0.15, 0.2) is 48.5 Å². The predicted octanol–water partition coefficient (Wildman–Crippen LogP) is 4.30. The van der Waals surface area contributed by atoms with Crippen LogP contribution in [0.1, 0.15) is 46.3 Å². The first kappa shape index (κ1) is 18.2. The SMILES string of the molecule is Cc1cccc(C(=O)N2CCC(CN3CCCc4ccccc4C3)CC2)c1. The number of fused-ring (bicyclic) bond motifs is 1. The van der Waals surface area contributed by atoms with Gasteiger partial charge in [-0.1, -0.05) is 42.0 Å². The van der Waals surface area contributed by atoms with Gasteiger partial charge in [-0.2, -0.15) is 0 Å². The van der Waals surface area contributed by atoms with Crippen LogP contribution in [0.25, 0.3) is 0 Å². The Bertz CT molecular complexity index is 792. The van der Waals surface area contributed by atoms with Gasteiger partial charge in [-0.15, -0.1) is 0 Å². The van der Waals surface area contributed by atoms with Crippen LogP contribution in [0, 0.1) is 12.8 Å². The second-order valence-corrected chi connectivity index (χ2v) is 8.21. The van der Waals surface area contributed by atoms with Gasteiger partial charge in [-0.05, 0) is 68.3 Å². The topological polar surface area (TPSA) is 23.6 Å². The number of benzene rings is 2. The van der Waals surface area contributed by atoms with E-state index in [0.29, 0.717) is 5.92 Å². The van der Waals surface area contributed by atoms with Crippen molar-refractivity contribution in [2.75, 3.05) is 26.2 Å². The molecular weight excluding hydrogens is 332 g/mol. The fourth-order valence-electron chi connectivity index (χ4n) is 4.57. The molecule has 27 heavy (non-hydrogen) atoms. The number of likely N-dealkylation sites (tertiary alicyclic amines) is 1. The van der Waals surface area contributed by atoms with Crippen LogP contribution in [0.3, 0.4) is 0 Å². The lowest BCUT2D eigenvalue weighted by molar-refractivity contribution is 0.0665. The molecule has 1 fully saturated rings. The summed E-state index contributed by atoms with van der Waals surface area (Å²) in [6.07, 6.45) is 4.70. The summed E-state index contributed by atoms with van der Waals surface area (Å²) in [5.74, 6) is 0.901. The quantitative estimate of drug-likeness (QED) is 0.813. The van der Waals surface area contributed by atoms with Crippen LogP contribution < -0.4 is 0 Å². The summed E-state index contributed by atoms with van der Waals surface area (Å²) >= 11 is 0. The molecule has 0 radical (unpaired) electrons. The van der Waals surface area contributed by atoms with E-state index in [1.165, 1.54) is 37.1 Å². The highest BCUT2D eigenvalue weighted by Crippen LogP contribution is 2.24. The molecule has 1 amide bonds. The zero-order valence-corrected chi connectivity index (χ0v) is 16.4. The smallest absolute Gasteiger partial charge is 0.253 e. The average molecular weight is 363 g/mol. The van der Waals surface area contributed by atoms with E-state index in [0.717, 1.165) is 43.6 Å². The minimum Gasteiger partial charge on any atom is -0.339 e. The second-order valence-electron chi connectivity index (χ2n) is 8.21. The highest BCUT2D eigenvalue weighted by atomic mass is 16.2. The molecular formula is C24H30N2O. The lowest BCUT2D eigenvalue weighted by Gasteiger charge is -2.35. The number of carbonyl (C=O) groups is 1. The zero-order valence-electron chi connectivity index (χ0n) is 16.4. The van der Waals surface area contributed by atoms with Crippen LogP contribution in [0.2, 0.25) is 0 Å². The van der Waals surface area contributed by atoms with Crippen molar-refractivity contribution >= 4 is 5.91 Å². The van der Waals surface area contributed by atoms with Gasteiger partial charge in [0.05, 0.1) is 0 Å². The number of piperidine rings is 1. The Morgan fingerprint density at radius 2 is 1.78 bits per heavy atom. The van der Waals surface area contributed by atoms with Crippen LogP contribution in [-0.4, -0.2) is 41.9 Å². The maximum absolute atomic E-state index is 12.7. The number of hydrogen-bond acceptors (Lipinski definition) is 2. The van der Waals surface area contributed by atoms with Gasteiger partial charge in [-0.25, -0.2) is 0 Å². The minimum atomic E-state index is 0.195. The summed E-state index contributed by atoms with van der Waals surface area (Å²) in [6.45, 7) is 7.27. The van der Waals surface area contributed by atoms with E-state index in [9.17, 15) is 4.79 Å². The first-order valence-electron chi connectivity index (χ1n) is 10.3. The molecule has 142 valence electrons. The van der Waals surface area contributed by atoms with Gasteiger partial charge >= 0.3 is 0 Å². The molecule has 0 aliphatic carbocycles. The summed E-state index contributed by atoms with van der Waals surface area (Å²) < 4.78 is 0. The van der Waals surface area contributed by atoms with Gasteiger partial charge in [0.15, 0.2) is 0 Å². The van der Waals surface area contributed by atoms with Gasteiger partial charge < -0.3 is 4.90 Å². The van der Waals surface area contributed by atoms with Gasteiger partial charge in [0.25, 0.3) is 5.91 Å². The molecule has 2 aliphatic rings. The number of hydrogen-bond donors (Lipinski definition) is 0. The summed E-state index contributed by atoms with van der Waals surface area (Å²) in [5, 5.41) is 0. The molecule has 2 aromatic rings. The first-order chi connectivity index (χ1) is 13.2. The summed E-state index contributed by atoms with van der Waals surface area (Å²) in [4.78, 5) is 17.4. The van der Waals surface area contributed by atoms with Crippen molar-refractivity contribution in [2.24, 2.45) is 5.92 Å². The van der Waals surface area contributed by atoms with Crippen LogP contribution in [0.5, 0.6) is 0 Å². The summed E-state index contributed by atoms with van der Waals surface area (Å²) in [6, 6.07) is 16.9. The lowest BCUT2D eigenvalue weighted by atomic mass is 9.95. The van der Waals surface area contributed by atoms with Gasteiger partial charge in [0, 0.05) is 31.7 Å². The molecule has 3 heteroatoms. The van der Waals surface area contributed by atoms with E-state index in [-0.39, 0.29) is 5.91 Å². The van der Waals surface area contributed by atoms with Gasteiger partial charge in [-0.3, -0.25) is 9.69 Å². The Morgan fingerprint density at radius 1 is 1.00 bits per heavy atom. The molecule has 0 atom stereocenters. The second kappa shape index (κ2) is 8.26. The van der Waals surface area contributed by atoms with E-state index in [1.807, 2.05) is 36.1 Å². The van der Waals surface area contributed by atoms with Crippen molar-refractivity contribution in [3.05, 3.63) is 70.8 Å². The number of nitrogens with zero attached hydrogens (tertiary/aromatic N) is 2. The Balaban J connectivity index is 1.31.